The van der Waals surface area contributed by atoms with E-state index in [-0.39, 0.29) is 0 Å². The second kappa shape index (κ2) is 9.32. The largest absolute Gasteiger partial charge is 0.595 e. The zero-order valence-corrected chi connectivity index (χ0v) is 10.7. The first-order chi connectivity index (χ1) is 8.83. The Hall–Kier alpha value is -1.72. The SMILES string of the molecule is C=C[N+]([O-])=NCCCCCCCCn1ccnn1. The second-order valence-corrected chi connectivity index (χ2v) is 4.14. The van der Waals surface area contributed by atoms with E-state index in [2.05, 4.69) is 22.0 Å². The van der Waals surface area contributed by atoms with Gasteiger partial charge in [0.25, 0.3) is 0 Å². The summed E-state index contributed by atoms with van der Waals surface area (Å²) >= 11 is 0. The van der Waals surface area contributed by atoms with Crippen molar-refractivity contribution in [2.75, 3.05) is 6.54 Å². The van der Waals surface area contributed by atoms with Gasteiger partial charge in [-0.3, -0.25) is 4.68 Å². The second-order valence-electron chi connectivity index (χ2n) is 4.14. The number of nitrogens with zero attached hydrogens (tertiary/aromatic N) is 5. The molecule has 100 valence electrons. The van der Waals surface area contributed by atoms with Crippen molar-refractivity contribution in [2.45, 2.75) is 45.1 Å². The average Bonchev–Trinajstić information content (AvgIpc) is 2.89. The molecule has 1 heterocycles. The van der Waals surface area contributed by atoms with Crippen LogP contribution in [-0.4, -0.2) is 26.4 Å². The van der Waals surface area contributed by atoms with Crippen molar-refractivity contribution in [1.82, 2.24) is 15.0 Å². The lowest BCUT2D eigenvalue weighted by Gasteiger charge is -2.01. The van der Waals surface area contributed by atoms with Crippen LogP contribution in [0.5, 0.6) is 0 Å². The predicted octanol–water partition coefficient (Wildman–Crippen LogP) is 2.72. The highest BCUT2D eigenvalue weighted by atomic mass is 16.5. The number of aromatic nitrogens is 3. The molecule has 0 unspecified atom stereocenters. The number of unbranched alkanes of at least 4 members (excludes halogenated alkanes) is 5. The van der Waals surface area contributed by atoms with Crippen molar-refractivity contribution in [2.24, 2.45) is 5.11 Å². The standard InChI is InChI=1S/C12H21N5O/c1-2-17(18)14-9-7-5-3-4-6-8-11-16-12-10-13-15-16/h2,10,12H,1,3-9,11H2. The van der Waals surface area contributed by atoms with Crippen LogP contribution in [-0.2, 0) is 6.54 Å². The normalized spacial score (nSPS) is 11.7. The third-order valence-corrected chi connectivity index (χ3v) is 2.66. The molecule has 0 spiro atoms. The summed E-state index contributed by atoms with van der Waals surface area (Å²) < 4.78 is 1.86. The molecule has 6 nitrogen and oxygen atoms in total. The zero-order valence-electron chi connectivity index (χ0n) is 10.7. The highest BCUT2D eigenvalue weighted by molar-refractivity contribution is 4.63. The van der Waals surface area contributed by atoms with E-state index in [1.807, 2.05) is 10.9 Å². The fourth-order valence-corrected chi connectivity index (χ4v) is 1.67. The van der Waals surface area contributed by atoms with Crippen molar-refractivity contribution in [3.63, 3.8) is 0 Å². The highest BCUT2D eigenvalue weighted by Crippen LogP contribution is 2.06. The van der Waals surface area contributed by atoms with Gasteiger partial charge in [0, 0.05) is 12.7 Å². The molecule has 0 saturated carbocycles. The average molecular weight is 251 g/mol. The maximum atomic E-state index is 10.7. The molecule has 0 aliphatic rings. The molecule has 18 heavy (non-hydrogen) atoms. The Morgan fingerprint density at radius 3 is 2.61 bits per heavy atom. The molecular formula is C12H21N5O. The van der Waals surface area contributed by atoms with Crippen LogP contribution in [0, 0.1) is 5.21 Å². The Morgan fingerprint density at radius 2 is 1.94 bits per heavy atom. The van der Waals surface area contributed by atoms with Crippen LogP contribution in [0.3, 0.4) is 0 Å². The Balaban J connectivity index is 1.85. The van der Waals surface area contributed by atoms with Gasteiger partial charge in [-0.25, -0.2) is 0 Å². The summed E-state index contributed by atoms with van der Waals surface area (Å²) in [6, 6.07) is 0. The van der Waals surface area contributed by atoms with Gasteiger partial charge in [0.05, 0.1) is 6.20 Å². The summed E-state index contributed by atoms with van der Waals surface area (Å²) in [5, 5.41) is 22.1. The lowest BCUT2D eigenvalue weighted by atomic mass is 10.1. The Morgan fingerprint density at radius 1 is 1.22 bits per heavy atom. The van der Waals surface area contributed by atoms with Crippen molar-refractivity contribution >= 4 is 0 Å². The molecule has 0 amide bonds. The molecular weight excluding hydrogens is 230 g/mol. The van der Waals surface area contributed by atoms with E-state index in [0.717, 1.165) is 25.8 Å². The van der Waals surface area contributed by atoms with Gasteiger partial charge < -0.3 is 5.21 Å². The topological polar surface area (TPSA) is 69.1 Å². The predicted molar refractivity (Wildman–Crippen MR) is 68.8 cm³/mol. The van der Waals surface area contributed by atoms with E-state index in [1.165, 1.54) is 25.5 Å². The van der Waals surface area contributed by atoms with E-state index in [4.69, 9.17) is 0 Å². The Labute approximate surface area is 108 Å². The fraction of sp³-hybridized carbons (Fsp3) is 0.667. The van der Waals surface area contributed by atoms with Gasteiger partial charge in [-0.15, -0.1) is 5.10 Å². The molecule has 1 aromatic heterocycles. The molecule has 6 heteroatoms. The molecule has 0 fully saturated rings. The third-order valence-electron chi connectivity index (χ3n) is 2.66. The minimum atomic E-state index is 0.526. The Kier molecular flexibility index (Phi) is 7.43. The maximum Gasteiger partial charge on any atom is 0.202 e. The van der Waals surface area contributed by atoms with Gasteiger partial charge in [0.2, 0.25) is 6.20 Å². The molecule has 1 aromatic rings. The summed E-state index contributed by atoms with van der Waals surface area (Å²) in [5.41, 5.74) is 0. The number of hydrogen-bond donors (Lipinski definition) is 0. The van der Waals surface area contributed by atoms with Crippen LogP contribution in [0.4, 0.5) is 0 Å². The summed E-state index contributed by atoms with van der Waals surface area (Å²) in [4.78, 5) is 0.526. The van der Waals surface area contributed by atoms with Gasteiger partial charge in [0.1, 0.15) is 6.54 Å². The van der Waals surface area contributed by atoms with Crippen molar-refractivity contribution in [1.29, 1.82) is 0 Å². The lowest BCUT2D eigenvalue weighted by molar-refractivity contribution is -0.458. The number of rotatable bonds is 10. The minimum Gasteiger partial charge on any atom is -0.595 e. The highest BCUT2D eigenvalue weighted by Gasteiger charge is 1.94. The van der Waals surface area contributed by atoms with Gasteiger partial charge in [0.15, 0.2) is 0 Å². The zero-order chi connectivity index (χ0) is 13.1. The summed E-state index contributed by atoms with van der Waals surface area (Å²) in [6.07, 6.45) is 11.6. The number of hydroxylamine groups is 1. The number of azo groups is 1. The van der Waals surface area contributed by atoms with Crippen molar-refractivity contribution in [3.8, 4) is 0 Å². The van der Waals surface area contributed by atoms with Crippen molar-refractivity contribution in [3.05, 3.63) is 30.4 Å². The van der Waals surface area contributed by atoms with Crippen molar-refractivity contribution < 1.29 is 4.86 Å². The molecule has 0 N–H and O–H groups in total. The molecule has 0 bridgehead atoms. The van der Waals surface area contributed by atoms with Crippen LogP contribution < -0.4 is 0 Å². The van der Waals surface area contributed by atoms with Gasteiger partial charge in [-0.1, -0.05) is 35.8 Å². The lowest BCUT2D eigenvalue weighted by Crippen LogP contribution is -1.98. The Bertz CT molecular complexity index is 347. The van der Waals surface area contributed by atoms with E-state index in [1.54, 1.807) is 6.20 Å². The molecule has 0 saturated heterocycles. The first-order valence-electron chi connectivity index (χ1n) is 6.43. The van der Waals surface area contributed by atoms with E-state index >= 15 is 0 Å². The summed E-state index contributed by atoms with van der Waals surface area (Å²) in [5.74, 6) is 0. The molecule has 1 rings (SSSR count). The quantitative estimate of drug-likeness (QED) is 0.278. The first-order valence-corrected chi connectivity index (χ1v) is 6.43. The van der Waals surface area contributed by atoms with Gasteiger partial charge >= 0.3 is 0 Å². The van der Waals surface area contributed by atoms with Crippen LogP contribution in [0.2, 0.25) is 0 Å². The van der Waals surface area contributed by atoms with Crippen LogP contribution in [0.25, 0.3) is 0 Å². The van der Waals surface area contributed by atoms with E-state index in [9.17, 15) is 5.21 Å². The van der Waals surface area contributed by atoms with Gasteiger partial charge in [-0.05, 0) is 24.5 Å². The molecule has 0 aromatic carbocycles. The number of aryl methyl sites for hydroxylation is 1. The molecule has 0 aliphatic carbocycles. The molecule has 0 radical (unpaired) electrons. The number of hydrogen-bond acceptors (Lipinski definition) is 4. The summed E-state index contributed by atoms with van der Waals surface area (Å²) in [7, 11) is 0. The van der Waals surface area contributed by atoms with E-state index < -0.39 is 0 Å². The smallest absolute Gasteiger partial charge is 0.202 e. The third kappa shape index (κ3) is 6.78. The molecule has 0 aliphatic heterocycles. The van der Waals surface area contributed by atoms with Crippen LogP contribution in [0.15, 0.2) is 30.3 Å². The first kappa shape index (κ1) is 14.3. The van der Waals surface area contributed by atoms with Gasteiger partial charge in [-0.2, -0.15) is 0 Å². The van der Waals surface area contributed by atoms with Crippen LogP contribution >= 0.6 is 0 Å². The van der Waals surface area contributed by atoms with E-state index in [0.29, 0.717) is 11.4 Å². The monoisotopic (exact) mass is 251 g/mol. The summed E-state index contributed by atoms with van der Waals surface area (Å²) in [6.45, 7) is 4.87. The molecule has 0 atom stereocenters. The minimum absolute atomic E-state index is 0.526. The van der Waals surface area contributed by atoms with Crippen LogP contribution in [0.1, 0.15) is 38.5 Å². The fourth-order valence-electron chi connectivity index (χ4n) is 1.67. The maximum absolute atomic E-state index is 10.7.